The van der Waals surface area contributed by atoms with Crippen LogP contribution in [0.4, 0.5) is 0 Å². The van der Waals surface area contributed by atoms with Gasteiger partial charge in [0.15, 0.2) is 5.78 Å². The number of rotatable bonds is 3. The van der Waals surface area contributed by atoms with Crippen molar-refractivity contribution in [3.63, 3.8) is 0 Å². The molecule has 1 unspecified atom stereocenters. The molecule has 3 aromatic rings. The van der Waals surface area contributed by atoms with Gasteiger partial charge in [-0.2, -0.15) is 0 Å². The highest BCUT2D eigenvalue weighted by atomic mass is 32.1. The molecule has 0 radical (unpaired) electrons. The topological polar surface area (TPSA) is 56.0 Å². The smallest absolute Gasteiger partial charge is 0.185 e. The van der Waals surface area contributed by atoms with Crippen LogP contribution >= 0.6 is 11.3 Å². The quantitative estimate of drug-likeness (QED) is 0.742. The second-order valence-corrected chi connectivity index (χ2v) is 5.24. The summed E-state index contributed by atoms with van der Waals surface area (Å²) in [6.45, 7) is 0. The molecule has 0 aliphatic rings. The van der Waals surface area contributed by atoms with E-state index < -0.39 is 6.04 Å². The van der Waals surface area contributed by atoms with Crippen LogP contribution in [0, 0.1) is 0 Å². The van der Waals surface area contributed by atoms with Gasteiger partial charge in [0.2, 0.25) is 0 Å². The number of aromatic nitrogens is 1. The first-order chi connectivity index (χ1) is 9.27. The van der Waals surface area contributed by atoms with Crippen LogP contribution in [-0.2, 0) is 0 Å². The van der Waals surface area contributed by atoms with E-state index in [4.69, 9.17) is 5.73 Å². The summed E-state index contributed by atoms with van der Waals surface area (Å²) in [5, 5.41) is 3.77. The highest BCUT2D eigenvalue weighted by molar-refractivity contribution is 7.10. The zero-order valence-electron chi connectivity index (χ0n) is 10.1. The van der Waals surface area contributed by atoms with Crippen molar-refractivity contribution in [2.45, 2.75) is 6.04 Å². The van der Waals surface area contributed by atoms with Gasteiger partial charge >= 0.3 is 0 Å². The molecule has 2 N–H and O–H groups in total. The van der Waals surface area contributed by atoms with Crippen molar-refractivity contribution in [1.82, 2.24) is 4.98 Å². The molecule has 0 aliphatic heterocycles. The SMILES string of the molecule is NC(C(=O)c1cccc2ccncc12)c1cccs1. The van der Waals surface area contributed by atoms with E-state index in [1.807, 2.05) is 35.7 Å². The number of carbonyl (C=O) groups excluding carboxylic acids is 1. The molecule has 0 saturated carbocycles. The van der Waals surface area contributed by atoms with Crippen LogP contribution in [0.25, 0.3) is 10.8 Å². The number of nitrogens with two attached hydrogens (primary N) is 1. The molecule has 2 aromatic heterocycles. The summed E-state index contributed by atoms with van der Waals surface area (Å²) in [6.07, 6.45) is 3.43. The Hall–Kier alpha value is -2.04. The van der Waals surface area contributed by atoms with Crippen LogP contribution in [0.1, 0.15) is 21.3 Å². The minimum absolute atomic E-state index is 0.0685. The van der Waals surface area contributed by atoms with Crippen molar-refractivity contribution >= 4 is 27.9 Å². The van der Waals surface area contributed by atoms with Crippen molar-refractivity contribution in [1.29, 1.82) is 0 Å². The maximum absolute atomic E-state index is 12.5. The number of ketones is 1. The normalized spacial score (nSPS) is 12.5. The maximum atomic E-state index is 12.5. The second-order valence-electron chi connectivity index (χ2n) is 4.26. The molecule has 0 fully saturated rings. The fourth-order valence-corrected chi connectivity index (χ4v) is 2.82. The third-order valence-electron chi connectivity index (χ3n) is 3.08. The summed E-state index contributed by atoms with van der Waals surface area (Å²) < 4.78 is 0. The van der Waals surface area contributed by atoms with Gasteiger partial charge in [-0.05, 0) is 22.9 Å². The van der Waals surface area contributed by atoms with Crippen molar-refractivity contribution in [3.05, 3.63) is 64.6 Å². The standard InChI is InChI=1S/C15H12N2OS/c16-14(13-5-2-8-19-13)15(18)11-4-1-3-10-6-7-17-9-12(10)11/h1-9,14H,16H2. The van der Waals surface area contributed by atoms with Gasteiger partial charge in [0.1, 0.15) is 6.04 Å². The number of carbonyl (C=O) groups is 1. The van der Waals surface area contributed by atoms with Crippen molar-refractivity contribution in [2.24, 2.45) is 5.73 Å². The number of benzene rings is 1. The van der Waals surface area contributed by atoms with Gasteiger partial charge in [-0.3, -0.25) is 9.78 Å². The Morgan fingerprint density at radius 2 is 2.11 bits per heavy atom. The maximum Gasteiger partial charge on any atom is 0.185 e. The molecule has 0 amide bonds. The number of hydrogen-bond acceptors (Lipinski definition) is 4. The molecule has 1 aromatic carbocycles. The predicted octanol–water partition coefficient (Wildman–Crippen LogP) is 3.18. The van der Waals surface area contributed by atoms with E-state index in [0.717, 1.165) is 15.6 Å². The minimum atomic E-state index is -0.606. The number of nitrogens with zero attached hydrogens (tertiary/aromatic N) is 1. The number of thiophene rings is 1. The molecule has 3 rings (SSSR count). The summed E-state index contributed by atoms with van der Waals surface area (Å²) in [5.41, 5.74) is 6.68. The van der Waals surface area contributed by atoms with Crippen LogP contribution in [-0.4, -0.2) is 10.8 Å². The Morgan fingerprint density at radius 1 is 1.21 bits per heavy atom. The van der Waals surface area contributed by atoms with Gasteiger partial charge in [-0.15, -0.1) is 11.3 Å². The van der Waals surface area contributed by atoms with Gasteiger partial charge in [0.25, 0.3) is 0 Å². The van der Waals surface area contributed by atoms with Crippen molar-refractivity contribution in [2.75, 3.05) is 0 Å². The minimum Gasteiger partial charge on any atom is -0.317 e. The molecule has 0 aliphatic carbocycles. The molecule has 0 spiro atoms. The summed E-state index contributed by atoms with van der Waals surface area (Å²) >= 11 is 1.50. The Labute approximate surface area is 114 Å². The fourth-order valence-electron chi connectivity index (χ4n) is 2.09. The second kappa shape index (κ2) is 4.91. The summed E-state index contributed by atoms with van der Waals surface area (Å²) in [7, 11) is 0. The average molecular weight is 268 g/mol. The highest BCUT2D eigenvalue weighted by Gasteiger charge is 2.20. The molecule has 1 atom stereocenters. The van der Waals surface area contributed by atoms with E-state index in [9.17, 15) is 4.79 Å². The van der Waals surface area contributed by atoms with E-state index in [-0.39, 0.29) is 5.78 Å². The molecule has 0 saturated heterocycles. The number of hydrogen-bond donors (Lipinski definition) is 1. The van der Waals surface area contributed by atoms with E-state index in [1.54, 1.807) is 18.5 Å². The first kappa shape index (κ1) is 12.0. The monoisotopic (exact) mass is 268 g/mol. The third kappa shape index (κ3) is 2.16. The fraction of sp³-hybridized carbons (Fsp3) is 0.0667. The van der Waals surface area contributed by atoms with Crippen molar-refractivity contribution in [3.8, 4) is 0 Å². The average Bonchev–Trinajstić information content (AvgIpc) is 2.99. The molecule has 3 nitrogen and oxygen atoms in total. The lowest BCUT2D eigenvalue weighted by Gasteiger charge is -2.10. The molecule has 19 heavy (non-hydrogen) atoms. The van der Waals surface area contributed by atoms with Gasteiger partial charge in [-0.1, -0.05) is 24.3 Å². The lowest BCUT2D eigenvalue weighted by molar-refractivity contribution is 0.0964. The first-order valence-electron chi connectivity index (χ1n) is 5.93. The number of fused-ring (bicyclic) bond motifs is 1. The molecule has 4 heteroatoms. The summed E-state index contributed by atoms with van der Waals surface area (Å²) in [6, 6.07) is 10.7. The van der Waals surface area contributed by atoms with Crippen LogP contribution in [0.15, 0.2) is 54.2 Å². The Balaban J connectivity index is 2.07. The summed E-state index contributed by atoms with van der Waals surface area (Å²) in [4.78, 5) is 17.5. The Kier molecular flexibility index (Phi) is 3.11. The van der Waals surface area contributed by atoms with Crippen molar-refractivity contribution < 1.29 is 4.79 Å². The van der Waals surface area contributed by atoms with E-state index in [2.05, 4.69) is 4.98 Å². The zero-order chi connectivity index (χ0) is 13.2. The third-order valence-corrected chi connectivity index (χ3v) is 4.04. The summed E-state index contributed by atoms with van der Waals surface area (Å²) in [5.74, 6) is -0.0685. The van der Waals surface area contributed by atoms with Gasteiger partial charge in [0, 0.05) is 28.2 Å². The van der Waals surface area contributed by atoms with E-state index in [1.165, 1.54) is 11.3 Å². The first-order valence-corrected chi connectivity index (χ1v) is 6.81. The van der Waals surface area contributed by atoms with Gasteiger partial charge in [-0.25, -0.2) is 0 Å². The lowest BCUT2D eigenvalue weighted by atomic mass is 9.98. The van der Waals surface area contributed by atoms with Crippen LogP contribution < -0.4 is 5.73 Å². The zero-order valence-corrected chi connectivity index (χ0v) is 10.9. The lowest BCUT2D eigenvalue weighted by Crippen LogP contribution is -2.20. The molecular formula is C15H12N2OS. The van der Waals surface area contributed by atoms with Gasteiger partial charge < -0.3 is 5.73 Å². The molecule has 94 valence electrons. The highest BCUT2D eigenvalue weighted by Crippen LogP contribution is 2.25. The Bertz CT molecular complexity index is 717. The van der Waals surface area contributed by atoms with Crippen LogP contribution in [0.3, 0.4) is 0 Å². The molecule has 0 bridgehead atoms. The van der Waals surface area contributed by atoms with Crippen LogP contribution in [0.5, 0.6) is 0 Å². The van der Waals surface area contributed by atoms with Gasteiger partial charge in [0.05, 0.1) is 0 Å². The van der Waals surface area contributed by atoms with Crippen LogP contribution in [0.2, 0.25) is 0 Å². The van der Waals surface area contributed by atoms with E-state index >= 15 is 0 Å². The number of pyridine rings is 1. The largest absolute Gasteiger partial charge is 0.317 e. The predicted molar refractivity (Wildman–Crippen MR) is 77.3 cm³/mol. The Morgan fingerprint density at radius 3 is 2.89 bits per heavy atom. The van der Waals surface area contributed by atoms with E-state index in [0.29, 0.717) is 5.56 Å². The molecule has 2 heterocycles. The number of Topliss-reactive ketones (excluding diaryl/α,β-unsaturated/α-hetero) is 1. The molecular weight excluding hydrogens is 256 g/mol.